The number of anilines is 2. The zero-order valence-corrected chi connectivity index (χ0v) is 15.2. The van der Waals surface area contributed by atoms with Gasteiger partial charge >= 0.3 is 0 Å². The topological polar surface area (TPSA) is 49.4 Å². The SMILES string of the molecule is Cc1ccc(N2CC(C(=O)Nc3c(C)cc(C)cc3C)CC2=O)cc1. The van der Waals surface area contributed by atoms with E-state index in [4.69, 9.17) is 0 Å². The highest BCUT2D eigenvalue weighted by Crippen LogP contribution is 2.28. The van der Waals surface area contributed by atoms with Gasteiger partial charge in [0.2, 0.25) is 11.8 Å². The van der Waals surface area contributed by atoms with Crippen molar-refractivity contribution in [1.82, 2.24) is 0 Å². The molecule has 2 amide bonds. The van der Waals surface area contributed by atoms with Crippen molar-refractivity contribution in [3.05, 3.63) is 58.7 Å². The Bertz CT molecular complexity index is 801. The van der Waals surface area contributed by atoms with Crippen LogP contribution in [0.5, 0.6) is 0 Å². The number of carbonyl (C=O) groups excluding carboxylic acids is 2. The molecule has 0 radical (unpaired) electrons. The number of aryl methyl sites for hydroxylation is 4. The summed E-state index contributed by atoms with van der Waals surface area (Å²) >= 11 is 0. The molecule has 0 spiro atoms. The fraction of sp³-hybridized carbons (Fsp3) is 0.333. The number of hydrogen-bond acceptors (Lipinski definition) is 2. The number of rotatable bonds is 3. The highest BCUT2D eigenvalue weighted by Gasteiger charge is 2.35. The number of nitrogens with one attached hydrogen (secondary N) is 1. The van der Waals surface area contributed by atoms with E-state index in [1.807, 2.05) is 52.0 Å². The van der Waals surface area contributed by atoms with Crippen molar-refractivity contribution in [3.63, 3.8) is 0 Å². The number of amides is 2. The molecular formula is C21H24N2O2. The summed E-state index contributed by atoms with van der Waals surface area (Å²) in [5.41, 5.74) is 6.13. The Morgan fingerprint density at radius 3 is 2.20 bits per heavy atom. The number of hydrogen-bond donors (Lipinski definition) is 1. The van der Waals surface area contributed by atoms with Crippen molar-refractivity contribution in [1.29, 1.82) is 0 Å². The molecule has 4 heteroatoms. The van der Waals surface area contributed by atoms with Gasteiger partial charge in [-0.2, -0.15) is 0 Å². The summed E-state index contributed by atoms with van der Waals surface area (Å²) in [6, 6.07) is 11.9. The van der Waals surface area contributed by atoms with Crippen LogP contribution in [0.1, 0.15) is 28.7 Å². The molecule has 2 aromatic carbocycles. The second-order valence-corrected chi connectivity index (χ2v) is 7.00. The summed E-state index contributed by atoms with van der Waals surface area (Å²) in [7, 11) is 0. The zero-order valence-electron chi connectivity index (χ0n) is 15.2. The van der Waals surface area contributed by atoms with Crippen LogP contribution in [0.15, 0.2) is 36.4 Å². The van der Waals surface area contributed by atoms with Crippen LogP contribution in [0.3, 0.4) is 0 Å². The summed E-state index contributed by atoms with van der Waals surface area (Å²) < 4.78 is 0. The summed E-state index contributed by atoms with van der Waals surface area (Å²) in [4.78, 5) is 26.7. The Morgan fingerprint density at radius 1 is 1.00 bits per heavy atom. The van der Waals surface area contributed by atoms with Gasteiger partial charge in [-0.15, -0.1) is 0 Å². The summed E-state index contributed by atoms with van der Waals surface area (Å²) in [6.07, 6.45) is 0.254. The zero-order chi connectivity index (χ0) is 18.1. The lowest BCUT2D eigenvalue weighted by atomic mass is 10.0. The van der Waals surface area contributed by atoms with Crippen LogP contribution in [-0.2, 0) is 9.59 Å². The monoisotopic (exact) mass is 336 g/mol. The van der Waals surface area contributed by atoms with Gasteiger partial charge in [-0.25, -0.2) is 0 Å². The fourth-order valence-electron chi connectivity index (χ4n) is 3.46. The molecule has 0 aliphatic carbocycles. The molecule has 1 aliphatic rings. The molecule has 1 unspecified atom stereocenters. The van der Waals surface area contributed by atoms with Crippen LogP contribution in [0.2, 0.25) is 0 Å². The molecule has 1 aliphatic heterocycles. The molecule has 0 aromatic heterocycles. The van der Waals surface area contributed by atoms with E-state index in [2.05, 4.69) is 17.4 Å². The van der Waals surface area contributed by atoms with Gasteiger partial charge in [0.05, 0.1) is 5.92 Å². The van der Waals surface area contributed by atoms with Gasteiger partial charge in [0.15, 0.2) is 0 Å². The van der Waals surface area contributed by atoms with Gasteiger partial charge in [-0.05, 0) is 51.0 Å². The Balaban J connectivity index is 1.74. The minimum atomic E-state index is -0.325. The Labute approximate surface area is 148 Å². The quantitative estimate of drug-likeness (QED) is 0.924. The summed E-state index contributed by atoms with van der Waals surface area (Å²) in [5.74, 6) is -0.409. The summed E-state index contributed by atoms with van der Waals surface area (Å²) in [6.45, 7) is 8.47. The van der Waals surface area contributed by atoms with Crippen LogP contribution in [0.25, 0.3) is 0 Å². The van der Waals surface area contributed by atoms with Crippen molar-refractivity contribution in [2.24, 2.45) is 5.92 Å². The second kappa shape index (κ2) is 6.71. The molecule has 1 heterocycles. The lowest BCUT2D eigenvalue weighted by Gasteiger charge is -2.18. The van der Waals surface area contributed by atoms with Crippen molar-refractivity contribution in [2.45, 2.75) is 34.1 Å². The first kappa shape index (κ1) is 17.2. The molecule has 0 saturated carbocycles. The molecule has 130 valence electrons. The van der Waals surface area contributed by atoms with Crippen LogP contribution >= 0.6 is 0 Å². The van der Waals surface area contributed by atoms with E-state index in [1.54, 1.807) is 4.90 Å². The minimum Gasteiger partial charge on any atom is -0.325 e. The van der Waals surface area contributed by atoms with E-state index in [1.165, 1.54) is 5.56 Å². The first-order chi connectivity index (χ1) is 11.8. The van der Waals surface area contributed by atoms with Gasteiger partial charge in [-0.1, -0.05) is 35.4 Å². The summed E-state index contributed by atoms with van der Waals surface area (Å²) in [5, 5.41) is 3.03. The predicted octanol–water partition coefficient (Wildman–Crippen LogP) is 3.91. The second-order valence-electron chi connectivity index (χ2n) is 7.00. The van der Waals surface area contributed by atoms with Crippen LogP contribution in [0, 0.1) is 33.6 Å². The normalized spacial score (nSPS) is 17.0. The average Bonchev–Trinajstić information content (AvgIpc) is 2.93. The molecule has 3 rings (SSSR count). The average molecular weight is 336 g/mol. The van der Waals surface area contributed by atoms with Gasteiger partial charge in [0, 0.05) is 24.3 Å². The molecule has 1 atom stereocenters. The van der Waals surface area contributed by atoms with E-state index in [0.29, 0.717) is 6.54 Å². The number of nitrogens with zero attached hydrogens (tertiary/aromatic N) is 1. The highest BCUT2D eigenvalue weighted by atomic mass is 16.2. The first-order valence-electron chi connectivity index (χ1n) is 8.61. The van der Waals surface area contributed by atoms with Crippen LogP contribution < -0.4 is 10.2 Å². The molecule has 1 saturated heterocycles. The highest BCUT2D eigenvalue weighted by molar-refractivity contribution is 6.04. The molecule has 2 aromatic rings. The maximum atomic E-state index is 12.7. The van der Waals surface area contributed by atoms with Gasteiger partial charge in [-0.3, -0.25) is 9.59 Å². The van der Waals surface area contributed by atoms with E-state index >= 15 is 0 Å². The molecule has 25 heavy (non-hydrogen) atoms. The predicted molar refractivity (Wildman–Crippen MR) is 101 cm³/mol. The largest absolute Gasteiger partial charge is 0.325 e. The van der Waals surface area contributed by atoms with Crippen molar-refractivity contribution >= 4 is 23.2 Å². The third-order valence-corrected chi connectivity index (χ3v) is 4.77. The van der Waals surface area contributed by atoms with Crippen molar-refractivity contribution in [3.8, 4) is 0 Å². The molecule has 1 fully saturated rings. The Morgan fingerprint density at radius 2 is 1.60 bits per heavy atom. The molecule has 0 bridgehead atoms. The van der Waals surface area contributed by atoms with Crippen molar-refractivity contribution in [2.75, 3.05) is 16.8 Å². The molecular weight excluding hydrogens is 312 g/mol. The fourth-order valence-corrected chi connectivity index (χ4v) is 3.46. The lowest BCUT2D eigenvalue weighted by Crippen LogP contribution is -2.28. The maximum absolute atomic E-state index is 12.7. The standard InChI is InChI=1S/C21H24N2O2/c1-13-5-7-18(8-6-13)23-12-17(11-19(23)24)21(25)22-20-15(3)9-14(2)10-16(20)4/h5-10,17H,11-12H2,1-4H3,(H,22,25). The Kier molecular flexibility index (Phi) is 4.62. The smallest absolute Gasteiger partial charge is 0.229 e. The third-order valence-electron chi connectivity index (χ3n) is 4.77. The van der Waals surface area contributed by atoms with Crippen molar-refractivity contribution < 1.29 is 9.59 Å². The molecule has 4 nitrogen and oxygen atoms in total. The van der Waals surface area contributed by atoms with Gasteiger partial charge in [0.25, 0.3) is 0 Å². The van der Waals surface area contributed by atoms with Gasteiger partial charge < -0.3 is 10.2 Å². The molecule has 1 N–H and O–H groups in total. The minimum absolute atomic E-state index is 0.00125. The number of carbonyl (C=O) groups is 2. The van der Waals surface area contributed by atoms with Gasteiger partial charge in [0.1, 0.15) is 0 Å². The van der Waals surface area contributed by atoms with Crippen LogP contribution in [0.4, 0.5) is 11.4 Å². The maximum Gasteiger partial charge on any atom is 0.229 e. The van der Waals surface area contributed by atoms with E-state index in [0.717, 1.165) is 28.1 Å². The van der Waals surface area contributed by atoms with E-state index in [9.17, 15) is 9.59 Å². The van der Waals surface area contributed by atoms with E-state index in [-0.39, 0.29) is 24.2 Å². The third kappa shape index (κ3) is 3.58. The van der Waals surface area contributed by atoms with Crippen LogP contribution in [-0.4, -0.2) is 18.4 Å². The van der Waals surface area contributed by atoms with E-state index < -0.39 is 0 Å². The number of benzene rings is 2. The Hall–Kier alpha value is -2.62. The lowest BCUT2D eigenvalue weighted by molar-refractivity contribution is -0.122. The first-order valence-corrected chi connectivity index (χ1v) is 8.61.